The van der Waals surface area contributed by atoms with Gasteiger partial charge < -0.3 is 5.32 Å². The number of amides is 2. The molecule has 0 aliphatic carbocycles. The fourth-order valence-corrected chi connectivity index (χ4v) is 3.76. The third kappa shape index (κ3) is 2.98. The number of carbonyl (C=O) groups is 2. The van der Waals surface area contributed by atoms with Crippen LogP contribution in [-0.4, -0.2) is 16.5 Å². The largest absolute Gasteiger partial charge is 0.365 e. The molecule has 2 amide bonds. The van der Waals surface area contributed by atoms with E-state index in [1.54, 1.807) is 12.1 Å². The van der Waals surface area contributed by atoms with Gasteiger partial charge in [0.05, 0.1) is 5.69 Å². The monoisotopic (exact) mass is 348 g/mol. The minimum atomic E-state index is -0.616. The summed E-state index contributed by atoms with van der Waals surface area (Å²) >= 11 is 1.01. The van der Waals surface area contributed by atoms with Crippen LogP contribution in [0.2, 0.25) is 0 Å². The first-order chi connectivity index (χ1) is 12.1. The average Bonchev–Trinajstić information content (AvgIpc) is 2.89. The van der Waals surface area contributed by atoms with Crippen LogP contribution in [0.25, 0.3) is 10.8 Å². The van der Waals surface area contributed by atoms with E-state index in [1.165, 1.54) is 4.90 Å². The number of anilines is 2. The van der Waals surface area contributed by atoms with Crippen molar-refractivity contribution in [3.63, 3.8) is 0 Å². The molecule has 1 atom stereocenters. The molecule has 1 saturated heterocycles. The van der Waals surface area contributed by atoms with Crippen LogP contribution in [0.5, 0.6) is 0 Å². The van der Waals surface area contributed by atoms with Crippen molar-refractivity contribution in [2.75, 3.05) is 10.2 Å². The van der Waals surface area contributed by atoms with E-state index in [-0.39, 0.29) is 11.1 Å². The van der Waals surface area contributed by atoms with Gasteiger partial charge in [0.2, 0.25) is 0 Å². The van der Waals surface area contributed by atoms with Crippen molar-refractivity contribution in [1.29, 1.82) is 0 Å². The number of hydrogen-bond donors (Lipinski definition) is 1. The first kappa shape index (κ1) is 15.7. The Hall–Kier alpha value is -2.79. The number of carbonyl (C=O) groups excluding carboxylic acids is 2. The normalized spacial score (nSPS) is 17.3. The van der Waals surface area contributed by atoms with Gasteiger partial charge >= 0.3 is 0 Å². The van der Waals surface area contributed by atoms with E-state index < -0.39 is 5.37 Å². The number of hydrogen-bond acceptors (Lipinski definition) is 4. The molecule has 1 aliphatic rings. The molecule has 1 fully saturated rings. The molecule has 25 heavy (non-hydrogen) atoms. The molecule has 1 unspecified atom stereocenters. The maximum Gasteiger partial charge on any atom is 0.295 e. The molecule has 0 spiro atoms. The second-order valence-electron chi connectivity index (χ2n) is 5.98. The van der Waals surface area contributed by atoms with Gasteiger partial charge in [-0.15, -0.1) is 0 Å². The lowest BCUT2D eigenvalue weighted by Gasteiger charge is -2.15. The standard InChI is InChI=1S/C20H16N2O2S/c1-13-6-10-17(11-7-13)22-19(23)18(25-20(22)24)21-16-9-8-14-4-2-3-5-15(14)12-16/h2-12,18,21H,1H3. The Labute approximate surface area is 149 Å². The Morgan fingerprint density at radius 3 is 2.40 bits per heavy atom. The second kappa shape index (κ2) is 6.26. The number of rotatable bonds is 3. The van der Waals surface area contributed by atoms with Gasteiger partial charge in [0.15, 0.2) is 5.37 Å². The molecule has 3 aromatic rings. The first-order valence-electron chi connectivity index (χ1n) is 7.98. The van der Waals surface area contributed by atoms with E-state index in [0.29, 0.717) is 5.69 Å². The molecular formula is C20H16N2O2S. The van der Waals surface area contributed by atoms with Crippen LogP contribution in [0.4, 0.5) is 16.2 Å². The number of imide groups is 1. The van der Waals surface area contributed by atoms with E-state index >= 15 is 0 Å². The number of fused-ring (bicyclic) bond motifs is 1. The Balaban J connectivity index is 1.57. The highest BCUT2D eigenvalue weighted by Gasteiger charge is 2.40. The van der Waals surface area contributed by atoms with Gasteiger partial charge in [0, 0.05) is 5.69 Å². The number of thioether (sulfide) groups is 1. The van der Waals surface area contributed by atoms with Crippen molar-refractivity contribution in [1.82, 2.24) is 0 Å². The van der Waals surface area contributed by atoms with Crippen LogP contribution in [-0.2, 0) is 4.79 Å². The number of nitrogens with zero attached hydrogens (tertiary/aromatic N) is 1. The summed E-state index contributed by atoms with van der Waals surface area (Å²) in [6, 6.07) is 21.3. The molecule has 0 radical (unpaired) electrons. The highest BCUT2D eigenvalue weighted by atomic mass is 32.2. The average molecular weight is 348 g/mol. The summed E-state index contributed by atoms with van der Waals surface area (Å²) in [4.78, 5) is 26.2. The fourth-order valence-electron chi connectivity index (χ4n) is 2.86. The van der Waals surface area contributed by atoms with Gasteiger partial charge in [0.1, 0.15) is 0 Å². The predicted octanol–water partition coefficient (Wildman–Crippen LogP) is 4.79. The Morgan fingerprint density at radius 1 is 0.920 bits per heavy atom. The van der Waals surface area contributed by atoms with Gasteiger partial charge in [-0.3, -0.25) is 9.59 Å². The lowest BCUT2D eigenvalue weighted by atomic mass is 10.1. The summed E-state index contributed by atoms with van der Waals surface area (Å²) < 4.78 is 0. The van der Waals surface area contributed by atoms with Crippen molar-refractivity contribution < 1.29 is 9.59 Å². The molecule has 1 aliphatic heterocycles. The van der Waals surface area contributed by atoms with E-state index in [2.05, 4.69) is 5.32 Å². The van der Waals surface area contributed by atoms with Gasteiger partial charge in [-0.2, -0.15) is 0 Å². The first-order valence-corrected chi connectivity index (χ1v) is 8.86. The summed E-state index contributed by atoms with van der Waals surface area (Å²) in [5.74, 6) is -0.244. The van der Waals surface area contributed by atoms with Gasteiger partial charge in [-0.05, 0) is 53.7 Å². The van der Waals surface area contributed by atoms with Gasteiger partial charge in [-0.1, -0.05) is 48.0 Å². The number of nitrogens with one attached hydrogen (secondary N) is 1. The van der Waals surface area contributed by atoms with Crippen LogP contribution >= 0.6 is 11.8 Å². The molecule has 1 N–H and O–H groups in total. The summed E-state index contributed by atoms with van der Waals surface area (Å²) in [6.45, 7) is 1.97. The van der Waals surface area contributed by atoms with Crippen LogP contribution in [0.3, 0.4) is 0 Å². The molecule has 1 heterocycles. The van der Waals surface area contributed by atoms with Crippen molar-refractivity contribution >= 4 is 45.1 Å². The van der Waals surface area contributed by atoms with Crippen molar-refractivity contribution in [3.05, 3.63) is 72.3 Å². The molecule has 0 saturated carbocycles. The molecule has 124 valence electrons. The zero-order valence-corrected chi connectivity index (χ0v) is 14.4. The molecule has 5 heteroatoms. The molecular weight excluding hydrogens is 332 g/mol. The Morgan fingerprint density at radius 2 is 1.64 bits per heavy atom. The Bertz CT molecular complexity index is 969. The van der Waals surface area contributed by atoms with Crippen molar-refractivity contribution in [2.24, 2.45) is 0 Å². The van der Waals surface area contributed by atoms with Gasteiger partial charge in [-0.25, -0.2) is 4.90 Å². The topological polar surface area (TPSA) is 49.4 Å². The third-order valence-electron chi connectivity index (χ3n) is 4.19. The summed E-state index contributed by atoms with van der Waals surface area (Å²) in [7, 11) is 0. The molecule has 4 rings (SSSR count). The molecule has 0 aromatic heterocycles. The van der Waals surface area contributed by atoms with Crippen LogP contribution in [0.15, 0.2) is 66.7 Å². The van der Waals surface area contributed by atoms with Crippen molar-refractivity contribution in [2.45, 2.75) is 12.3 Å². The maximum absolute atomic E-state index is 12.7. The van der Waals surface area contributed by atoms with Crippen LogP contribution in [0.1, 0.15) is 5.56 Å². The Kier molecular flexibility index (Phi) is 3.93. The molecule has 3 aromatic carbocycles. The van der Waals surface area contributed by atoms with E-state index in [9.17, 15) is 9.59 Å². The third-order valence-corrected chi connectivity index (χ3v) is 5.12. The zero-order valence-electron chi connectivity index (χ0n) is 13.6. The summed E-state index contributed by atoms with van der Waals surface area (Å²) in [5, 5.41) is 4.52. The highest BCUT2D eigenvalue weighted by molar-refractivity contribution is 8.16. The minimum Gasteiger partial charge on any atom is -0.365 e. The smallest absolute Gasteiger partial charge is 0.295 e. The number of benzene rings is 3. The molecule has 0 bridgehead atoms. The minimum absolute atomic E-state index is 0.244. The van der Waals surface area contributed by atoms with Crippen LogP contribution < -0.4 is 10.2 Å². The number of aryl methyl sites for hydroxylation is 1. The highest BCUT2D eigenvalue weighted by Crippen LogP contribution is 2.33. The van der Waals surface area contributed by atoms with Crippen LogP contribution in [0, 0.1) is 6.92 Å². The molecule has 4 nitrogen and oxygen atoms in total. The zero-order chi connectivity index (χ0) is 17.4. The fraction of sp³-hybridized carbons (Fsp3) is 0.100. The lowest BCUT2D eigenvalue weighted by Crippen LogP contribution is -2.34. The SMILES string of the molecule is Cc1ccc(N2C(=O)SC(Nc3ccc4ccccc4c3)C2=O)cc1. The maximum atomic E-state index is 12.7. The summed E-state index contributed by atoms with van der Waals surface area (Å²) in [5.41, 5.74) is 2.51. The van der Waals surface area contributed by atoms with E-state index in [4.69, 9.17) is 0 Å². The van der Waals surface area contributed by atoms with Gasteiger partial charge in [0.25, 0.3) is 11.1 Å². The second-order valence-corrected chi connectivity index (χ2v) is 7.04. The summed E-state index contributed by atoms with van der Waals surface area (Å²) in [6.07, 6.45) is 0. The van der Waals surface area contributed by atoms with E-state index in [1.807, 2.05) is 61.5 Å². The van der Waals surface area contributed by atoms with Crippen molar-refractivity contribution in [3.8, 4) is 0 Å². The quantitative estimate of drug-likeness (QED) is 0.739. The lowest BCUT2D eigenvalue weighted by molar-refractivity contribution is -0.116. The predicted molar refractivity (Wildman–Crippen MR) is 103 cm³/mol. The van der Waals surface area contributed by atoms with E-state index in [0.717, 1.165) is 33.8 Å².